The Labute approximate surface area is 147 Å². The van der Waals surface area contributed by atoms with Gasteiger partial charge < -0.3 is 9.64 Å². The maximum absolute atomic E-state index is 12.2. The number of ether oxygens (including phenoxy) is 1. The molecule has 0 aromatic heterocycles. The van der Waals surface area contributed by atoms with Crippen LogP contribution in [0.4, 0.5) is 5.69 Å². The molecule has 126 valence electrons. The lowest BCUT2D eigenvalue weighted by Crippen LogP contribution is -2.26. The van der Waals surface area contributed by atoms with Crippen molar-refractivity contribution in [2.75, 3.05) is 24.3 Å². The van der Waals surface area contributed by atoms with Crippen molar-refractivity contribution in [2.45, 2.75) is 13.3 Å². The Morgan fingerprint density at radius 1 is 1.48 bits per heavy atom. The number of hydrogen-bond donors (Lipinski definition) is 0. The molecule has 0 saturated carbocycles. The van der Waals surface area contributed by atoms with Crippen LogP contribution in [0.15, 0.2) is 16.6 Å². The molecule has 1 heterocycles. The van der Waals surface area contributed by atoms with E-state index in [1.165, 1.54) is 12.0 Å². The van der Waals surface area contributed by atoms with Crippen molar-refractivity contribution in [3.05, 3.63) is 27.7 Å². The topological polar surface area (TPSA) is 80.8 Å². The van der Waals surface area contributed by atoms with E-state index in [9.17, 15) is 18.0 Å². The van der Waals surface area contributed by atoms with Crippen LogP contribution in [0.1, 0.15) is 22.3 Å². The molecule has 9 heteroatoms. The summed E-state index contributed by atoms with van der Waals surface area (Å²) in [5.74, 6) is -1.33. The highest BCUT2D eigenvalue weighted by molar-refractivity contribution is 9.10. The molecule has 23 heavy (non-hydrogen) atoms. The maximum Gasteiger partial charge on any atom is 0.338 e. The zero-order valence-corrected chi connectivity index (χ0v) is 15.7. The molecule has 1 saturated heterocycles. The van der Waals surface area contributed by atoms with E-state index in [0.29, 0.717) is 21.3 Å². The van der Waals surface area contributed by atoms with E-state index in [-0.39, 0.29) is 30.5 Å². The number of amides is 1. The Balaban J connectivity index is 2.37. The van der Waals surface area contributed by atoms with Gasteiger partial charge in [-0.15, -0.1) is 0 Å². The van der Waals surface area contributed by atoms with Gasteiger partial charge in [0.05, 0.1) is 18.4 Å². The van der Waals surface area contributed by atoms with Gasteiger partial charge in [-0.3, -0.25) is 4.79 Å². The molecule has 1 atom stereocenters. The first-order valence-corrected chi connectivity index (χ1v) is 10.0. The number of halogens is 2. The van der Waals surface area contributed by atoms with E-state index in [0.717, 1.165) is 0 Å². The monoisotopic (exact) mass is 423 g/mol. The summed E-state index contributed by atoms with van der Waals surface area (Å²) >= 11 is 3.31. The van der Waals surface area contributed by atoms with Crippen molar-refractivity contribution in [3.8, 4) is 0 Å². The molecule has 1 fully saturated rings. The van der Waals surface area contributed by atoms with Crippen molar-refractivity contribution in [1.29, 1.82) is 0 Å². The third kappa shape index (κ3) is 4.24. The fraction of sp³-hybridized carbons (Fsp3) is 0.429. The van der Waals surface area contributed by atoms with Gasteiger partial charge in [0.1, 0.15) is 0 Å². The zero-order chi connectivity index (χ0) is 17.4. The van der Waals surface area contributed by atoms with E-state index < -0.39 is 15.0 Å². The highest BCUT2D eigenvalue weighted by atomic mass is 79.9. The molecular formula is C14H15BrClNO5S. The number of methoxy groups -OCH3 is 1. The lowest BCUT2D eigenvalue weighted by molar-refractivity contribution is -0.117. The molecule has 1 aromatic carbocycles. The average molecular weight is 425 g/mol. The number of hydrogen-bond acceptors (Lipinski definition) is 5. The van der Waals surface area contributed by atoms with Crippen molar-refractivity contribution >= 4 is 53.2 Å². The number of carbonyl (C=O) groups excluding carboxylic acids is 2. The number of nitrogens with zero attached hydrogens (tertiary/aromatic N) is 1. The SMILES string of the molecule is COC(=O)c1cc(Br)cc(N2CC(CS(=O)(=O)Cl)CC2=O)c1C. The molecule has 0 N–H and O–H groups in total. The summed E-state index contributed by atoms with van der Waals surface area (Å²) in [6, 6.07) is 3.34. The van der Waals surface area contributed by atoms with Crippen molar-refractivity contribution in [1.82, 2.24) is 0 Å². The molecule has 1 unspecified atom stereocenters. The molecule has 1 amide bonds. The Bertz CT molecular complexity index is 765. The van der Waals surface area contributed by atoms with E-state index >= 15 is 0 Å². The first kappa shape index (κ1) is 18.2. The Hall–Kier alpha value is -1.12. The van der Waals surface area contributed by atoms with Gasteiger partial charge in [-0.05, 0) is 24.6 Å². The summed E-state index contributed by atoms with van der Waals surface area (Å²) in [5, 5.41) is 0. The molecule has 6 nitrogen and oxygen atoms in total. The smallest absolute Gasteiger partial charge is 0.338 e. The summed E-state index contributed by atoms with van der Waals surface area (Å²) in [6.45, 7) is 1.95. The summed E-state index contributed by atoms with van der Waals surface area (Å²) in [6.07, 6.45) is 0.103. The van der Waals surface area contributed by atoms with Crippen LogP contribution in [0.2, 0.25) is 0 Å². The van der Waals surface area contributed by atoms with Gasteiger partial charge in [0.2, 0.25) is 15.0 Å². The minimum absolute atomic E-state index is 0.103. The van der Waals surface area contributed by atoms with Crippen LogP contribution in [0, 0.1) is 12.8 Å². The largest absolute Gasteiger partial charge is 0.465 e. The molecule has 2 rings (SSSR count). The molecule has 1 aromatic rings. The van der Waals surface area contributed by atoms with Gasteiger partial charge in [0, 0.05) is 39.7 Å². The van der Waals surface area contributed by atoms with Crippen LogP contribution in [0.3, 0.4) is 0 Å². The molecule has 1 aliphatic rings. The minimum Gasteiger partial charge on any atom is -0.465 e. The van der Waals surface area contributed by atoms with Crippen molar-refractivity contribution < 1.29 is 22.7 Å². The van der Waals surface area contributed by atoms with Crippen LogP contribution in [-0.2, 0) is 18.6 Å². The van der Waals surface area contributed by atoms with E-state index in [2.05, 4.69) is 15.9 Å². The molecule has 1 aliphatic heterocycles. The van der Waals surface area contributed by atoms with Crippen molar-refractivity contribution in [2.24, 2.45) is 5.92 Å². The van der Waals surface area contributed by atoms with Gasteiger partial charge in [0.15, 0.2) is 0 Å². The van der Waals surface area contributed by atoms with E-state index in [4.69, 9.17) is 15.4 Å². The van der Waals surface area contributed by atoms with Gasteiger partial charge in [-0.25, -0.2) is 13.2 Å². The Morgan fingerprint density at radius 2 is 2.13 bits per heavy atom. The summed E-state index contributed by atoms with van der Waals surface area (Å²) in [5.41, 5.74) is 1.50. The fourth-order valence-corrected chi connectivity index (χ4v) is 4.44. The number of esters is 1. The van der Waals surface area contributed by atoms with Crippen LogP contribution >= 0.6 is 26.6 Å². The molecular weight excluding hydrogens is 410 g/mol. The normalized spacial score (nSPS) is 18.3. The standard InChI is InChI=1S/C14H15BrClNO5S/c1-8-11(14(19)22-2)4-10(15)5-12(8)17-6-9(3-13(17)18)7-23(16,20)21/h4-5,9H,3,6-7H2,1-2H3. The highest BCUT2D eigenvalue weighted by Crippen LogP contribution is 2.33. The lowest BCUT2D eigenvalue weighted by atomic mass is 10.1. The third-order valence-electron chi connectivity index (χ3n) is 3.68. The summed E-state index contributed by atoms with van der Waals surface area (Å²) < 4.78 is 27.8. The van der Waals surface area contributed by atoms with E-state index in [1.807, 2.05) is 0 Å². The average Bonchev–Trinajstić information content (AvgIpc) is 2.78. The number of carbonyl (C=O) groups is 2. The third-order valence-corrected chi connectivity index (χ3v) is 5.39. The second kappa shape index (κ2) is 6.78. The maximum atomic E-state index is 12.2. The predicted molar refractivity (Wildman–Crippen MR) is 90.3 cm³/mol. The highest BCUT2D eigenvalue weighted by Gasteiger charge is 2.34. The second-order valence-corrected chi connectivity index (χ2v) is 9.11. The van der Waals surface area contributed by atoms with Gasteiger partial charge in [-0.1, -0.05) is 15.9 Å². The molecule has 0 aliphatic carbocycles. The van der Waals surface area contributed by atoms with Gasteiger partial charge >= 0.3 is 5.97 Å². The zero-order valence-electron chi connectivity index (χ0n) is 12.5. The van der Waals surface area contributed by atoms with Gasteiger partial charge in [-0.2, -0.15) is 0 Å². The molecule has 0 bridgehead atoms. The number of anilines is 1. The fourth-order valence-electron chi connectivity index (χ4n) is 2.67. The minimum atomic E-state index is -3.67. The van der Waals surface area contributed by atoms with Crippen LogP contribution in [0.5, 0.6) is 0 Å². The molecule has 0 radical (unpaired) electrons. The quantitative estimate of drug-likeness (QED) is 0.548. The van der Waals surface area contributed by atoms with Crippen LogP contribution in [0.25, 0.3) is 0 Å². The Kier molecular flexibility index (Phi) is 5.37. The summed E-state index contributed by atoms with van der Waals surface area (Å²) in [7, 11) is 2.88. The lowest BCUT2D eigenvalue weighted by Gasteiger charge is -2.21. The Morgan fingerprint density at radius 3 is 2.70 bits per heavy atom. The van der Waals surface area contributed by atoms with Gasteiger partial charge in [0.25, 0.3) is 0 Å². The van der Waals surface area contributed by atoms with Crippen LogP contribution in [-0.4, -0.2) is 39.7 Å². The molecule has 0 spiro atoms. The first-order valence-electron chi connectivity index (χ1n) is 6.73. The summed E-state index contributed by atoms with van der Waals surface area (Å²) in [4.78, 5) is 25.6. The number of rotatable bonds is 4. The predicted octanol–water partition coefficient (Wildman–Crippen LogP) is 2.47. The second-order valence-electron chi connectivity index (χ2n) is 5.37. The van der Waals surface area contributed by atoms with Crippen molar-refractivity contribution in [3.63, 3.8) is 0 Å². The van der Waals surface area contributed by atoms with E-state index in [1.54, 1.807) is 19.1 Å². The first-order chi connectivity index (χ1) is 10.6. The van der Waals surface area contributed by atoms with Crippen LogP contribution < -0.4 is 4.90 Å². The number of benzene rings is 1.